The van der Waals surface area contributed by atoms with Gasteiger partial charge in [-0.2, -0.15) is 0 Å². The van der Waals surface area contributed by atoms with E-state index in [1.807, 2.05) is 6.92 Å². The third kappa shape index (κ3) is 2.93. The quantitative estimate of drug-likeness (QED) is 0.572. The van der Waals surface area contributed by atoms with E-state index in [2.05, 4.69) is 10.5 Å². The minimum Gasteiger partial charge on any atom is -0.411 e. The molecule has 0 aromatic heterocycles. The van der Waals surface area contributed by atoms with Gasteiger partial charge in [0, 0.05) is 32.0 Å². The second-order valence-corrected chi connectivity index (χ2v) is 4.90. The SMILES string of the molecule is CCC1CN(C(=O)NC2CCOC2)CCC1=NO. The number of amides is 2. The highest BCUT2D eigenvalue weighted by Crippen LogP contribution is 2.17. The first-order valence-electron chi connectivity index (χ1n) is 6.58. The summed E-state index contributed by atoms with van der Waals surface area (Å²) in [4.78, 5) is 13.9. The molecule has 0 aromatic rings. The van der Waals surface area contributed by atoms with E-state index in [1.54, 1.807) is 4.90 Å². The molecule has 0 spiro atoms. The van der Waals surface area contributed by atoms with Crippen molar-refractivity contribution < 1.29 is 14.7 Å². The number of rotatable bonds is 2. The Bertz CT molecular complexity index is 327. The Morgan fingerprint density at radius 2 is 2.50 bits per heavy atom. The standard InChI is InChI=1S/C12H21N3O3/c1-2-9-7-15(5-3-11(9)14-17)12(16)13-10-4-6-18-8-10/h9-10,17H,2-8H2,1H3,(H,13,16). The molecule has 2 amide bonds. The van der Waals surface area contributed by atoms with E-state index >= 15 is 0 Å². The molecule has 2 atom stereocenters. The molecule has 18 heavy (non-hydrogen) atoms. The number of hydrogen-bond donors (Lipinski definition) is 2. The molecule has 0 bridgehead atoms. The van der Waals surface area contributed by atoms with Crippen LogP contribution in [0.3, 0.4) is 0 Å². The molecule has 102 valence electrons. The van der Waals surface area contributed by atoms with Crippen LogP contribution in [0.4, 0.5) is 4.79 Å². The van der Waals surface area contributed by atoms with Gasteiger partial charge in [-0.05, 0) is 12.8 Å². The lowest BCUT2D eigenvalue weighted by atomic mass is 9.93. The summed E-state index contributed by atoms with van der Waals surface area (Å²) in [5, 5.41) is 15.2. The Labute approximate surface area is 107 Å². The fourth-order valence-corrected chi connectivity index (χ4v) is 2.51. The van der Waals surface area contributed by atoms with E-state index in [4.69, 9.17) is 9.94 Å². The van der Waals surface area contributed by atoms with E-state index in [0.717, 1.165) is 25.2 Å². The molecule has 2 aliphatic heterocycles. The first kappa shape index (κ1) is 13.1. The van der Waals surface area contributed by atoms with E-state index < -0.39 is 0 Å². The van der Waals surface area contributed by atoms with E-state index in [1.165, 1.54) is 0 Å². The summed E-state index contributed by atoms with van der Waals surface area (Å²) in [6.07, 6.45) is 2.43. The topological polar surface area (TPSA) is 74.2 Å². The zero-order valence-electron chi connectivity index (χ0n) is 10.8. The highest BCUT2D eigenvalue weighted by molar-refractivity contribution is 5.89. The van der Waals surface area contributed by atoms with Gasteiger partial charge in [0.25, 0.3) is 0 Å². The number of nitrogens with zero attached hydrogens (tertiary/aromatic N) is 2. The van der Waals surface area contributed by atoms with Crippen LogP contribution >= 0.6 is 0 Å². The predicted molar refractivity (Wildman–Crippen MR) is 66.9 cm³/mol. The molecule has 6 nitrogen and oxygen atoms in total. The summed E-state index contributed by atoms with van der Waals surface area (Å²) in [5.74, 6) is 0.175. The van der Waals surface area contributed by atoms with Crippen molar-refractivity contribution >= 4 is 11.7 Å². The minimum absolute atomic E-state index is 0.0269. The smallest absolute Gasteiger partial charge is 0.317 e. The Kier molecular flexibility index (Phi) is 4.41. The van der Waals surface area contributed by atoms with E-state index in [9.17, 15) is 4.79 Å². The maximum Gasteiger partial charge on any atom is 0.317 e. The molecule has 2 unspecified atom stereocenters. The van der Waals surface area contributed by atoms with Crippen molar-refractivity contribution in [1.29, 1.82) is 0 Å². The zero-order valence-corrected chi connectivity index (χ0v) is 10.8. The lowest BCUT2D eigenvalue weighted by Crippen LogP contribution is -2.50. The average Bonchev–Trinajstić information content (AvgIpc) is 2.90. The van der Waals surface area contributed by atoms with Gasteiger partial charge >= 0.3 is 6.03 Å². The summed E-state index contributed by atoms with van der Waals surface area (Å²) in [5.41, 5.74) is 0.811. The lowest BCUT2D eigenvalue weighted by Gasteiger charge is -2.33. The molecule has 2 aliphatic rings. The molecule has 2 rings (SSSR count). The van der Waals surface area contributed by atoms with Crippen molar-refractivity contribution in [3.63, 3.8) is 0 Å². The van der Waals surface area contributed by atoms with Crippen LogP contribution in [0.15, 0.2) is 5.16 Å². The van der Waals surface area contributed by atoms with Gasteiger partial charge in [-0.3, -0.25) is 0 Å². The number of oxime groups is 1. The first-order chi connectivity index (χ1) is 8.74. The largest absolute Gasteiger partial charge is 0.411 e. The Hall–Kier alpha value is -1.30. The van der Waals surface area contributed by atoms with Crippen LogP contribution in [0.5, 0.6) is 0 Å². The Morgan fingerprint density at radius 1 is 1.67 bits per heavy atom. The number of carbonyl (C=O) groups excluding carboxylic acids is 1. The molecular weight excluding hydrogens is 234 g/mol. The zero-order chi connectivity index (χ0) is 13.0. The number of carbonyl (C=O) groups is 1. The van der Waals surface area contributed by atoms with Crippen molar-refractivity contribution in [2.75, 3.05) is 26.3 Å². The highest BCUT2D eigenvalue weighted by Gasteiger charge is 2.29. The van der Waals surface area contributed by atoms with Gasteiger partial charge in [0.2, 0.25) is 0 Å². The molecule has 2 fully saturated rings. The van der Waals surface area contributed by atoms with Crippen LogP contribution in [0.2, 0.25) is 0 Å². The van der Waals surface area contributed by atoms with Gasteiger partial charge in [0.05, 0.1) is 18.4 Å². The summed E-state index contributed by atoms with van der Waals surface area (Å²) in [6, 6.07) is 0.117. The molecule has 0 radical (unpaired) electrons. The first-order valence-corrected chi connectivity index (χ1v) is 6.58. The summed E-state index contributed by atoms with van der Waals surface area (Å²) in [6.45, 7) is 4.64. The van der Waals surface area contributed by atoms with Crippen LogP contribution in [0, 0.1) is 5.92 Å². The van der Waals surface area contributed by atoms with Crippen molar-refractivity contribution in [3.05, 3.63) is 0 Å². The lowest BCUT2D eigenvalue weighted by molar-refractivity contribution is 0.172. The molecule has 0 aliphatic carbocycles. The van der Waals surface area contributed by atoms with Gasteiger partial charge in [-0.1, -0.05) is 12.1 Å². The van der Waals surface area contributed by atoms with Gasteiger partial charge < -0.3 is 20.2 Å². The predicted octanol–water partition coefficient (Wildman–Crippen LogP) is 1.05. The third-order valence-corrected chi connectivity index (χ3v) is 3.72. The van der Waals surface area contributed by atoms with Crippen molar-refractivity contribution in [2.24, 2.45) is 11.1 Å². The number of ether oxygens (including phenoxy) is 1. The number of hydrogen-bond acceptors (Lipinski definition) is 4. The van der Waals surface area contributed by atoms with Crippen LogP contribution in [0.25, 0.3) is 0 Å². The average molecular weight is 255 g/mol. The molecule has 0 aromatic carbocycles. The second kappa shape index (κ2) is 6.04. The molecule has 2 saturated heterocycles. The number of nitrogens with one attached hydrogen (secondary N) is 1. The fourth-order valence-electron chi connectivity index (χ4n) is 2.51. The summed E-state index contributed by atoms with van der Waals surface area (Å²) >= 11 is 0. The van der Waals surface area contributed by atoms with Crippen LogP contribution in [-0.2, 0) is 4.74 Å². The Balaban J connectivity index is 1.87. The number of urea groups is 1. The normalized spacial score (nSPS) is 30.7. The molecule has 2 heterocycles. The summed E-state index contributed by atoms with van der Waals surface area (Å²) < 4.78 is 5.24. The van der Waals surface area contributed by atoms with Crippen molar-refractivity contribution in [1.82, 2.24) is 10.2 Å². The Morgan fingerprint density at radius 3 is 3.11 bits per heavy atom. The summed E-state index contributed by atoms with van der Waals surface area (Å²) in [7, 11) is 0. The number of likely N-dealkylation sites (tertiary alicyclic amines) is 1. The van der Waals surface area contributed by atoms with Gasteiger partial charge in [-0.15, -0.1) is 0 Å². The van der Waals surface area contributed by atoms with Crippen LogP contribution in [-0.4, -0.2) is 54.2 Å². The number of piperidine rings is 1. The van der Waals surface area contributed by atoms with E-state index in [-0.39, 0.29) is 18.0 Å². The maximum absolute atomic E-state index is 12.1. The monoisotopic (exact) mass is 255 g/mol. The third-order valence-electron chi connectivity index (χ3n) is 3.72. The highest BCUT2D eigenvalue weighted by atomic mass is 16.5. The second-order valence-electron chi connectivity index (χ2n) is 4.90. The van der Waals surface area contributed by atoms with Crippen LogP contribution in [0.1, 0.15) is 26.2 Å². The fraction of sp³-hybridized carbons (Fsp3) is 0.833. The van der Waals surface area contributed by atoms with Crippen molar-refractivity contribution in [3.8, 4) is 0 Å². The van der Waals surface area contributed by atoms with Gasteiger partial charge in [0.1, 0.15) is 0 Å². The molecule has 0 saturated carbocycles. The molecule has 2 N–H and O–H groups in total. The maximum atomic E-state index is 12.1. The van der Waals surface area contributed by atoms with Crippen LogP contribution < -0.4 is 5.32 Å². The van der Waals surface area contributed by atoms with Gasteiger partial charge in [0.15, 0.2) is 0 Å². The van der Waals surface area contributed by atoms with Gasteiger partial charge in [-0.25, -0.2) is 4.79 Å². The minimum atomic E-state index is -0.0269. The van der Waals surface area contributed by atoms with Crippen molar-refractivity contribution in [2.45, 2.75) is 32.2 Å². The molecular formula is C12H21N3O3. The molecule has 6 heteroatoms. The van der Waals surface area contributed by atoms with E-state index in [0.29, 0.717) is 26.1 Å².